The standard InChI is InChI=1S/C20H24ClN3O2S/c1-4-22-20(27)24-23-12-16-10-17(21)19(18(11-16)25-5-2)26-13-15-8-6-14(3)7-9-15/h6-12H,4-5,13H2,1-3H3,(H2,22,24,27). The maximum absolute atomic E-state index is 6.43. The number of hydrogen-bond acceptors (Lipinski definition) is 4. The highest BCUT2D eigenvalue weighted by atomic mass is 35.5. The lowest BCUT2D eigenvalue weighted by atomic mass is 10.1. The Balaban J connectivity index is 2.13. The predicted octanol–water partition coefficient (Wildman–Crippen LogP) is 4.44. The number of hydrazone groups is 1. The van der Waals surface area contributed by atoms with E-state index in [1.807, 2.05) is 44.2 Å². The zero-order valence-electron chi connectivity index (χ0n) is 15.7. The molecule has 2 aromatic carbocycles. The molecule has 0 amide bonds. The summed E-state index contributed by atoms with van der Waals surface area (Å²) in [7, 11) is 0. The maximum Gasteiger partial charge on any atom is 0.186 e. The fraction of sp³-hybridized carbons (Fsp3) is 0.300. The first kappa shape index (κ1) is 21.0. The third-order valence-electron chi connectivity index (χ3n) is 3.55. The molecule has 0 aliphatic heterocycles. The molecule has 0 heterocycles. The predicted molar refractivity (Wildman–Crippen MR) is 115 cm³/mol. The van der Waals surface area contributed by atoms with Crippen LogP contribution in [0.15, 0.2) is 41.5 Å². The van der Waals surface area contributed by atoms with Gasteiger partial charge in [-0.2, -0.15) is 5.10 Å². The highest BCUT2D eigenvalue weighted by molar-refractivity contribution is 7.80. The van der Waals surface area contributed by atoms with Gasteiger partial charge in [-0.3, -0.25) is 5.43 Å². The van der Waals surface area contributed by atoms with Crippen molar-refractivity contribution >= 4 is 35.1 Å². The fourth-order valence-electron chi connectivity index (χ4n) is 2.27. The van der Waals surface area contributed by atoms with Crippen LogP contribution < -0.4 is 20.2 Å². The number of aryl methyl sites for hydroxylation is 1. The quantitative estimate of drug-likeness (QED) is 0.386. The second-order valence-electron chi connectivity index (χ2n) is 5.77. The fourth-order valence-corrected chi connectivity index (χ4v) is 2.74. The Morgan fingerprint density at radius 1 is 1.19 bits per heavy atom. The summed E-state index contributed by atoms with van der Waals surface area (Å²) in [6, 6.07) is 11.8. The van der Waals surface area contributed by atoms with Crippen molar-refractivity contribution in [2.75, 3.05) is 13.2 Å². The van der Waals surface area contributed by atoms with Gasteiger partial charge < -0.3 is 14.8 Å². The monoisotopic (exact) mass is 405 g/mol. The minimum absolute atomic E-state index is 0.409. The second kappa shape index (κ2) is 10.7. The molecule has 7 heteroatoms. The van der Waals surface area contributed by atoms with E-state index in [9.17, 15) is 0 Å². The van der Waals surface area contributed by atoms with Gasteiger partial charge in [0, 0.05) is 6.54 Å². The normalized spacial score (nSPS) is 10.7. The van der Waals surface area contributed by atoms with Crippen molar-refractivity contribution in [1.82, 2.24) is 10.7 Å². The molecule has 0 aliphatic rings. The topological polar surface area (TPSA) is 54.9 Å². The number of benzene rings is 2. The van der Waals surface area contributed by atoms with E-state index >= 15 is 0 Å². The maximum atomic E-state index is 6.43. The van der Waals surface area contributed by atoms with Gasteiger partial charge in [0.2, 0.25) is 0 Å². The van der Waals surface area contributed by atoms with Crippen LogP contribution in [-0.4, -0.2) is 24.5 Å². The molecule has 0 bridgehead atoms. The molecule has 0 spiro atoms. The van der Waals surface area contributed by atoms with Crippen LogP contribution in [0, 0.1) is 6.92 Å². The zero-order valence-corrected chi connectivity index (χ0v) is 17.3. The van der Waals surface area contributed by atoms with E-state index in [4.69, 9.17) is 33.3 Å². The highest BCUT2D eigenvalue weighted by Gasteiger charge is 2.12. The number of halogens is 1. The first-order valence-corrected chi connectivity index (χ1v) is 9.53. The number of nitrogens with zero attached hydrogens (tertiary/aromatic N) is 1. The Bertz CT molecular complexity index is 795. The molecule has 2 rings (SSSR count). The lowest BCUT2D eigenvalue weighted by Crippen LogP contribution is -2.31. The second-order valence-corrected chi connectivity index (χ2v) is 6.58. The van der Waals surface area contributed by atoms with Crippen molar-refractivity contribution in [2.24, 2.45) is 5.10 Å². The summed E-state index contributed by atoms with van der Waals surface area (Å²) in [5.41, 5.74) is 5.79. The van der Waals surface area contributed by atoms with Crippen molar-refractivity contribution in [3.63, 3.8) is 0 Å². The molecule has 5 nitrogen and oxygen atoms in total. The Kier molecular flexibility index (Phi) is 8.36. The third-order valence-corrected chi connectivity index (χ3v) is 4.07. The van der Waals surface area contributed by atoms with Gasteiger partial charge in [-0.05, 0) is 56.2 Å². The summed E-state index contributed by atoms with van der Waals surface area (Å²) in [6.07, 6.45) is 1.63. The molecule has 0 saturated carbocycles. The van der Waals surface area contributed by atoms with E-state index < -0.39 is 0 Å². The summed E-state index contributed by atoms with van der Waals surface area (Å²) in [5.74, 6) is 1.10. The SMILES string of the molecule is CCNC(=S)NN=Cc1cc(Cl)c(OCc2ccc(C)cc2)c(OCC)c1. The number of hydrogen-bond donors (Lipinski definition) is 2. The molecule has 0 atom stereocenters. The molecule has 2 aromatic rings. The van der Waals surface area contributed by atoms with Crippen LogP contribution in [0.5, 0.6) is 11.5 Å². The molecule has 0 fully saturated rings. The van der Waals surface area contributed by atoms with Crippen LogP contribution in [0.4, 0.5) is 0 Å². The molecule has 144 valence electrons. The van der Waals surface area contributed by atoms with Gasteiger partial charge in [-0.25, -0.2) is 0 Å². The number of thiocarbonyl (C=S) groups is 1. The number of ether oxygens (including phenoxy) is 2. The van der Waals surface area contributed by atoms with Crippen LogP contribution in [0.25, 0.3) is 0 Å². The van der Waals surface area contributed by atoms with Crippen LogP contribution in [0.3, 0.4) is 0 Å². The molecule has 0 unspecified atom stereocenters. The van der Waals surface area contributed by atoms with Gasteiger partial charge in [0.25, 0.3) is 0 Å². The van der Waals surface area contributed by atoms with Crippen LogP contribution in [0.2, 0.25) is 5.02 Å². The molecule has 0 aromatic heterocycles. The first-order chi connectivity index (χ1) is 13.0. The molecule has 0 aliphatic carbocycles. The zero-order chi connectivity index (χ0) is 19.6. The Morgan fingerprint density at radius 3 is 2.59 bits per heavy atom. The summed E-state index contributed by atoms with van der Waals surface area (Å²) in [4.78, 5) is 0. The summed E-state index contributed by atoms with van der Waals surface area (Å²) in [6.45, 7) is 7.56. The van der Waals surface area contributed by atoms with E-state index in [1.165, 1.54) is 5.56 Å². The van der Waals surface area contributed by atoms with E-state index in [0.29, 0.717) is 34.8 Å². The molecule has 27 heavy (non-hydrogen) atoms. The van der Waals surface area contributed by atoms with Crippen LogP contribution >= 0.6 is 23.8 Å². The van der Waals surface area contributed by atoms with Gasteiger partial charge in [-0.15, -0.1) is 0 Å². The van der Waals surface area contributed by atoms with Crippen LogP contribution in [0.1, 0.15) is 30.5 Å². The van der Waals surface area contributed by atoms with E-state index in [2.05, 4.69) is 22.8 Å². The minimum Gasteiger partial charge on any atom is -0.490 e. The molecule has 2 N–H and O–H groups in total. The van der Waals surface area contributed by atoms with E-state index in [-0.39, 0.29) is 0 Å². The van der Waals surface area contributed by atoms with E-state index in [0.717, 1.165) is 17.7 Å². The van der Waals surface area contributed by atoms with Crippen molar-refractivity contribution in [2.45, 2.75) is 27.4 Å². The van der Waals surface area contributed by atoms with Gasteiger partial charge in [-0.1, -0.05) is 41.4 Å². The average molecular weight is 406 g/mol. The summed E-state index contributed by atoms with van der Waals surface area (Å²) < 4.78 is 11.6. The largest absolute Gasteiger partial charge is 0.490 e. The smallest absolute Gasteiger partial charge is 0.186 e. The van der Waals surface area contributed by atoms with E-state index in [1.54, 1.807) is 12.3 Å². The lowest BCUT2D eigenvalue weighted by molar-refractivity contribution is 0.269. The van der Waals surface area contributed by atoms with Gasteiger partial charge in [0.05, 0.1) is 17.8 Å². The van der Waals surface area contributed by atoms with Crippen molar-refractivity contribution < 1.29 is 9.47 Å². The van der Waals surface area contributed by atoms with Gasteiger partial charge in [0.15, 0.2) is 16.6 Å². The average Bonchev–Trinajstić information content (AvgIpc) is 2.63. The van der Waals surface area contributed by atoms with Gasteiger partial charge in [0.1, 0.15) is 6.61 Å². The Labute approximate surface area is 170 Å². The first-order valence-electron chi connectivity index (χ1n) is 8.75. The number of nitrogens with one attached hydrogen (secondary N) is 2. The number of rotatable bonds is 8. The lowest BCUT2D eigenvalue weighted by Gasteiger charge is -2.14. The van der Waals surface area contributed by atoms with Crippen molar-refractivity contribution in [3.8, 4) is 11.5 Å². The van der Waals surface area contributed by atoms with Crippen LogP contribution in [-0.2, 0) is 6.61 Å². The minimum atomic E-state index is 0.409. The van der Waals surface area contributed by atoms with Gasteiger partial charge >= 0.3 is 0 Å². The Morgan fingerprint density at radius 2 is 1.93 bits per heavy atom. The molecular formula is C20H24ClN3O2S. The molecule has 0 saturated heterocycles. The van der Waals surface area contributed by atoms with Crippen molar-refractivity contribution in [3.05, 3.63) is 58.1 Å². The molecular weight excluding hydrogens is 382 g/mol. The Hall–Kier alpha value is -2.31. The third kappa shape index (κ3) is 6.73. The van der Waals surface area contributed by atoms with Crippen molar-refractivity contribution in [1.29, 1.82) is 0 Å². The summed E-state index contributed by atoms with van der Waals surface area (Å²) in [5, 5.41) is 7.98. The molecule has 0 radical (unpaired) electrons. The highest BCUT2D eigenvalue weighted by Crippen LogP contribution is 2.37. The summed E-state index contributed by atoms with van der Waals surface area (Å²) >= 11 is 11.5.